The summed E-state index contributed by atoms with van der Waals surface area (Å²) >= 11 is 0. The number of nitrogens with zero attached hydrogens (tertiary/aromatic N) is 1. The second-order valence-corrected chi connectivity index (χ2v) is 2.79. The van der Waals surface area contributed by atoms with Gasteiger partial charge in [0.1, 0.15) is 0 Å². The molecule has 14 heavy (non-hydrogen) atoms. The lowest BCUT2D eigenvalue weighted by Gasteiger charge is -2.22. The Balaban J connectivity index is 3.51. The molecule has 0 saturated carbocycles. The second kappa shape index (κ2) is 5.47. The van der Waals surface area contributed by atoms with E-state index in [1.54, 1.807) is 0 Å². The highest BCUT2D eigenvalue weighted by atomic mass is 15.1. The van der Waals surface area contributed by atoms with Crippen molar-refractivity contribution in [1.82, 2.24) is 4.90 Å². The summed E-state index contributed by atoms with van der Waals surface area (Å²) in [7, 11) is 1.36. The van der Waals surface area contributed by atoms with Gasteiger partial charge in [0.25, 0.3) is 0 Å². The van der Waals surface area contributed by atoms with Crippen LogP contribution in [0.15, 0.2) is 30.2 Å². The first-order valence-corrected chi connectivity index (χ1v) is 4.09. The molecule has 0 aliphatic carbocycles. The number of terminal acetylenes is 1. The number of hydrogen-bond acceptors (Lipinski definition) is 1. The number of benzene rings is 1. The molecule has 0 heterocycles. The van der Waals surface area contributed by atoms with Gasteiger partial charge in [0.05, 0.1) is 13.4 Å². The van der Waals surface area contributed by atoms with Crippen molar-refractivity contribution < 1.29 is 12.3 Å². The molecule has 0 aliphatic heterocycles. The van der Waals surface area contributed by atoms with Crippen LogP contribution in [0.4, 0.5) is 0 Å². The highest BCUT2D eigenvalue weighted by molar-refractivity contribution is 5.15. The molecule has 1 atom stereocenters. The zero-order chi connectivity index (χ0) is 18.2. The standard InChI is InChI=1S/C13H17N/c1-4-10-14(3)12(2)11-13-8-6-5-7-9-13/h1,5-9,12H,10-11H2,2-3H3/t12-/m1/s1/i2D3,5D,6D,7D,8D,9D,12D. The Morgan fingerprint density at radius 2 is 2.36 bits per heavy atom. The van der Waals surface area contributed by atoms with E-state index in [9.17, 15) is 0 Å². The third-order valence-corrected chi connectivity index (χ3v) is 1.69. The monoisotopic (exact) mass is 196 g/mol. The van der Waals surface area contributed by atoms with Crippen LogP contribution in [0.3, 0.4) is 0 Å². The summed E-state index contributed by atoms with van der Waals surface area (Å²) in [6, 6.07) is -4.92. The maximum Gasteiger partial charge on any atom is 0.0626 e. The molecule has 74 valence electrons. The Bertz CT molecular complexity index is 617. The van der Waals surface area contributed by atoms with Crippen molar-refractivity contribution in [3.8, 4) is 12.3 Å². The minimum Gasteiger partial charge on any atom is -0.292 e. The van der Waals surface area contributed by atoms with Crippen LogP contribution >= 0.6 is 0 Å². The van der Waals surface area contributed by atoms with Gasteiger partial charge < -0.3 is 0 Å². The van der Waals surface area contributed by atoms with Gasteiger partial charge in [0.15, 0.2) is 0 Å². The quantitative estimate of drug-likeness (QED) is 0.667. The fraction of sp³-hybridized carbons (Fsp3) is 0.385. The molecule has 0 spiro atoms. The van der Waals surface area contributed by atoms with Gasteiger partial charge in [-0.25, -0.2) is 0 Å². The predicted molar refractivity (Wildman–Crippen MR) is 61.1 cm³/mol. The Morgan fingerprint density at radius 1 is 1.64 bits per heavy atom. The minimum atomic E-state index is -2.79. The van der Waals surface area contributed by atoms with E-state index in [1.807, 2.05) is 0 Å². The van der Waals surface area contributed by atoms with E-state index < -0.39 is 49.5 Å². The molecule has 1 heteroatoms. The van der Waals surface area contributed by atoms with Crippen molar-refractivity contribution in [2.45, 2.75) is 19.3 Å². The first kappa shape index (κ1) is 3.72. The molecule has 0 aromatic heterocycles. The molecule has 1 rings (SSSR count). The van der Waals surface area contributed by atoms with Gasteiger partial charge in [-0.1, -0.05) is 36.1 Å². The van der Waals surface area contributed by atoms with E-state index in [-0.39, 0.29) is 12.1 Å². The predicted octanol–water partition coefficient (Wildman–Crippen LogP) is 2.18. The fourth-order valence-electron chi connectivity index (χ4n) is 0.899. The molecular weight excluding hydrogens is 170 g/mol. The lowest BCUT2D eigenvalue weighted by molar-refractivity contribution is 0.287. The van der Waals surface area contributed by atoms with Crippen molar-refractivity contribution in [3.05, 3.63) is 35.8 Å². The smallest absolute Gasteiger partial charge is 0.0626 e. The van der Waals surface area contributed by atoms with Gasteiger partial charge >= 0.3 is 0 Å². The average molecular weight is 196 g/mol. The van der Waals surface area contributed by atoms with E-state index >= 15 is 0 Å². The molecule has 1 aromatic carbocycles. The highest BCUT2D eigenvalue weighted by Crippen LogP contribution is 2.06. The summed E-state index contributed by atoms with van der Waals surface area (Å²) in [6.07, 6.45) is 4.60. The molecule has 0 saturated heterocycles. The molecule has 1 aromatic rings. The van der Waals surface area contributed by atoms with Gasteiger partial charge in [-0.05, 0) is 25.9 Å². The van der Waals surface area contributed by atoms with Crippen LogP contribution in [0.5, 0.6) is 0 Å². The summed E-state index contributed by atoms with van der Waals surface area (Å²) in [5.74, 6) is 2.25. The summed E-state index contributed by atoms with van der Waals surface area (Å²) in [5, 5.41) is 0. The first-order chi connectivity index (χ1) is 10.4. The molecule has 0 aliphatic rings. The number of hydrogen-bond donors (Lipinski definition) is 0. The first-order valence-electron chi connectivity index (χ1n) is 8.59. The van der Waals surface area contributed by atoms with Gasteiger partial charge in [-0.15, -0.1) is 6.42 Å². The Morgan fingerprint density at radius 3 is 2.93 bits per heavy atom. The van der Waals surface area contributed by atoms with Crippen molar-refractivity contribution in [2.24, 2.45) is 0 Å². The Kier molecular flexibility index (Phi) is 1.45. The van der Waals surface area contributed by atoms with Gasteiger partial charge in [0, 0.05) is 11.5 Å². The maximum absolute atomic E-state index is 8.34. The van der Waals surface area contributed by atoms with Crippen molar-refractivity contribution >= 4 is 0 Å². The average Bonchev–Trinajstić information content (AvgIpc) is 2.46. The van der Waals surface area contributed by atoms with E-state index in [2.05, 4.69) is 5.92 Å². The van der Waals surface area contributed by atoms with Crippen LogP contribution in [0.25, 0.3) is 0 Å². The summed E-state index contributed by atoms with van der Waals surface area (Å²) in [4.78, 5) is 1.11. The maximum atomic E-state index is 8.34. The van der Waals surface area contributed by atoms with Crippen molar-refractivity contribution in [2.75, 3.05) is 13.6 Å². The lowest BCUT2D eigenvalue weighted by atomic mass is 10.1. The van der Waals surface area contributed by atoms with Crippen LogP contribution in [0.1, 0.15) is 24.8 Å². The van der Waals surface area contributed by atoms with Crippen molar-refractivity contribution in [1.29, 1.82) is 0 Å². The molecule has 0 fully saturated rings. The third kappa shape index (κ3) is 3.24. The van der Waals surface area contributed by atoms with Gasteiger partial charge in [-0.2, -0.15) is 0 Å². The normalized spacial score (nSPS) is 24.8. The molecule has 0 amide bonds. The van der Waals surface area contributed by atoms with Crippen LogP contribution in [0.2, 0.25) is 0 Å². The van der Waals surface area contributed by atoms with E-state index in [0.717, 1.165) is 4.90 Å². The van der Waals surface area contributed by atoms with Crippen LogP contribution < -0.4 is 0 Å². The summed E-state index contributed by atoms with van der Waals surface area (Å²) < 4.78 is 69.7. The van der Waals surface area contributed by atoms with Gasteiger partial charge in [0.2, 0.25) is 0 Å². The Labute approximate surface area is 99.4 Å². The zero-order valence-corrected chi connectivity index (χ0v) is 7.94. The lowest BCUT2D eigenvalue weighted by Crippen LogP contribution is -2.31. The Hall–Kier alpha value is -1.26. The largest absolute Gasteiger partial charge is 0.292 e. The number of likely N-dealkylation sites (N-methyl/N-ethyl adjacent to an activating group) is 1. The second-order valence-electron chi connectivity index (χ2n) is 2.79. The summed E-state index contributed by atoms with van der Waals surface area (Å²) in [6.45, 7) is -2.91. The highest BCUT2D eigenvalue weighted by Gasteiger charge is 2.07. The molecule has 0 bridgehead atoms. The molecule has 0 unspecified atom stereocenters. The van der Waals surface area contributed by atoms with E-state index in [4.69, 9.17) is 18.8 Å². The topological polar surface area (TPSA) is 3.24 Å². The SMILES string of the molecule is [2H]c1c([2H])c([2H])c(C[C@]([2H])(N(C)CC#C)C([2H])([2H])[2H])c([2H])c1[2H]. The minimum absolute atomic E-state index is 0.124. The molecule has 0 N–H and O–H groups in total. The van der Waals surface area contributed by atoms with Gasteiger partial charge in [-0.3, -0.25) is 4.90 Å². The summed E-state index contributed by atoms with van der Waals surface area (Å²) in [5.41, 5.74) is -0.217. The molecular formula is C13H17N. The van der Waals surface area contributed by atoms with Crippen LogP contribution in [0, 0.1) is 12.3 Å². The van der Waals surface area contributed by atoms with Crippen molar-refractivity contribution in [3.63, 3.8) is 0 Å². The molecule has 1 nitrogen and oxygen atoms in total. The number of rotatable bonds is 4. The fourth-order valence-corrected chi connectivity index (χ4v) is 0.899. The third-order valence-electron chi connectivity index (χ3n) is 1.69. The molecule has 0 radical (unpaired) electrons. The van der Waals surface area contributed by atoms with Crippen LogP contribution in [-0.2, 0) is 6.42 Å². The zero-order valence-electron chi connectivity index (χ0n) is 16.9. The van der Waals surface area contributed by atoms with E-state index in [1.165, 1.54) is 7.05 Å². The van der Waals surface area contributed by atoms with Crippen LogP contribution in [-0.4, -0.2) is 24.5 Å². The van der Waals surface area contributed by atoms with E-state index in [0.29, 0.717) is 0 Å².